The highest BCUT2D eigenvalue weighted by atomic mass is 35.5. The van der Waals surface area contributed by atoms with Crippen LogP contribution in [0.1, 0.15) is 10.4 Å². The van der Waals surface area contributed by atoms with Crippen molar-refractivity contribution in [3.63, 3.8) is 0 Å². The summed E-state index contributed by atoms with van der Waals surface area (Å²) in [5.41, 5.74) is 1.02. The lowest BCUT2D eigenvalue weighted by Crippen LogP contribution is -2.12. The van der Waals surface area contributed by atoms with Crippen molar-refractivity contribution < 1.29 is 9.53 Å². The van der Waals surface area contributed by atoms with Gasteiger partial charge in [0, 0.05) is 21.7 Å². The van der Waals surface area contributed by atoms with Crippen LogP contribution in [0.2, 0.25) is 5.02 Å². The Balaban J connectivity index is 1.73. The van der Waals surface area contributed by atoms with Crippen molar-refractivity contribution in [2.45, 2.75) is 9.79 Å². The Morgan fingerprint density at radius 2 is 1.96 bits per heavy atom. The molecule has 0 aliphatic rings. The van der Waals surface area contributed by atoms with Crippen LogP contribution in [0.5, 0.6) is 5.75 Å². The Kier molecular flexibility index (Phi) is 5.98. The molecule has 0 saturated carbocycles. The van der Waals surface area contributed by atoms with Gasteiger partial charge in [-0.2, -0.15) is 0 Å². The van der Waals surface area contributed by atoms with Crippen LogP contribution in [-0.4, -0.2) is 18.0 Å². The van der Waals surface area contributed by atoms with Crippen molar-refractivity contribution in [2.75, 3.05) is 12.4 Å². The van der Waals surface area contributed by atoms with Crippen LogP contribution in [0.4, 0.5) is 5.69 Å². The quantitative estimate of drug-likeness (QED) is 0.529. The molecule has 1 amide bonds. The first-order valence-electron chi connectivity index (χ1n) is 7.67. The van der Waals surface area contributed by atoms with Crippen LogP contribution < -0.4 is 10.1 Å². The fourth-order valence-corrected chi connectivity index (χ4v) is 3.57. The second-order valence-corrected chi connectivity index (χ2v) is 7.22. The Labute approximate surface area is 165 Å². The number of anilines is 1. The molecule has 2 aromatic carbocycles. The van der Waals surface area contributed by atoms with E-state index in [2.05, 4.69) is 10.3 Å². The van der Waals surface area contributed by atoms with Crippen molar-refractivity contribution in [3.8, 4) is 5.75 Å². The van der Waals surface area contributed by atoms with Gasteiger partial charge in [-0.1, -0.05) is 35.6 Å². The van der Waals surface area contributed by atoms with E-state index in [1.54, 1.807) is 31.5 Å². The SMILES string of the molecule is COc1ccc(Sc2ccc(NC(=O)c3ccc[nH]c3=S)cc2Cl)cc1. The van der Waals surface area contributed by atoms with Crippen molar-refractivity contribution >= 4 is 47.2 Å². The monoisotopic (exact) mass is 402 g/mol. The van der Waals surface area contributed by atoms with Gasteiger partial charge in [-0.25, -0.2) is 0 Å². The van der Waals surface area contributed by atoms with E-state index in [0.29, 0.717) is 20.9 Å². The lowest BCUT2D eigenvalue weighted by molar-refractivity contribution is 0.102. The average Bonchev–Trinajstić information content (AvgIpc) is 2.65. The number of carbonyl (C=O) groups is 1. The number of benzene rings is 2. The Morgan fingerprint density at radius 3 is 2.62 bits per heavy atom. The zero-order chi connectivity index (χ0) is 18.5. The van der Waals surface area contributed by atoms with E-state index in [9.17, 15) is 4.79 Å². The summed E-state index contributed by atoms with van der Waals surface area (Å²) in [7, 11) is 1.63. The number of rotatable bonds is 5. The summed E-state index contributed by atoms with van der Waals surface area (Å²) in [5, 5.41) is 3.37. The van der Waals surface area contributed by atoms with E-state index in [0.717, 1.165) is 15.5 Å². The third kappa shape index (κ3) is 4.46. The summed E-state index contributed by atoms with van der Waals surface area (Å²) in [6.07, 6.45) is 1.68. The van der Waals surface area contributed by atoms with Crippen LogP contribution in [0.15, 0.2) is 70.6 Å². The van der Waals surface area contributed by atoms with Crippen molar-refractivity contribution in [1.29, 1.82) is 0 Å². The van der Waals surface area contributed by atoms with E-state index in [-0.39, 0.29) is 5.91 Å². The van der Waals surface area contributed by atoms with Gasteiger partial charge in [0.15, 0.2) is 0 Å². The molecule has 3 rings (SSSR count). The molecule has 4 nitrogen and oxygen atoms in total. The summed E-state index contributed by atoms with van der Waals surface area (Å²) >= 11 is 13.0. The maximum absolute atomic E-state index is 12.3. The number of aromatic amines is 1. The summed E-state index contributed by atoms with van der Waals surface area (Å²) in [6.45, 7) is 0. The van der Waals surface area contributed by atoms with Gasteiger partial charge in [0.05, 0.1) is 17.7 Å². The molecule has 0 bridgehead atoms. The number of carbonyl (C=O) groups excluding carboxylic acids is 1. The molecule has 1 heterocycles. The molecule has 0 aliphatic heterocycles. The second-order valence-electron chi connectivity index (χ2n) is 5.29. The minimum absolute atomic E-state index is 0.279. The van der Waals surface area contributed by atoms with Crippen LogP contribution >= 0.6 is 35.6 Å². The fraction of sp³-hybridized carbons (Fsp3) is 0.0526. The van der Waals surface area contributed by atoms with E-state index in [4.69, 9.17) is 28.6 Å². The van der Waals surface area contributed by atoms with Gasteiger partial charge in [0.25, 0.3) is 5.91 Å². The summed E-state index contributed by atoms with van der Waals surface area (Å²) in [5.74, 6) is 0.524. The molecule has 0 saturated heterocycles. The molecule has 0 aliphatic carbocycles. The number of hydrogen-bond acceptors (Lipinski definition) is 4. The van der Waals surface area contributed by atoms with Crippen LogP contribution in [0.25, 0.3) is 0 Å². The van der Waals surface area contributed by atoms with Crippen molar-refractivity contribution in [1.82, 2.24) is 4.98 Å². The summed E-state index contributed by atoms with van der Waals surface area (Å²) in [6, 6.07) is 16.5. The minimum Gasteiger partial charge on any atom is -0.497 e. The molecule has 0 fully saturated rings. The number of methoxy groups -OCH3 is 1. The first kappa shape index (κ1) is 18.5. The van der Waals surface area contributed by atoms with Gasteiger partial charge in [0.1, 0.15) is 10.4 Å². The smallest absolute Gasteiger partial charge is 0.258 e. The lowest BCUT2D eigenvalue weighted by atomic mass is 10.2. The summed E-state index contributed by atoms with van der Waals surface area (Å²) < 4.78 is 5.55. The number of aromatic nitrogens is 1. The molecule has 132 valence electrons. The molecule has 1 aromatic heterocycles. The van der Waals surface area contributed by atoms with Crippen LogP contribution in [-0.2, 0) is 0 Å². The Bertz CT molecular complexity index is 987. The van der Waals surface area contributed by atoms with Crippen LogP contribution in [0.3, 0.4) is 0 Å². The first-order valence-corrected chi connectivity index (χ1v) is 9.27. The molecule has 2 N–H and O–H groups in total. The largest absolute Gasteiger partial charge is 0.497 e. The molecule has 0 radical (unpaired) electrons. The Hall–Kier alpha value is -2.28. The molecule has 0 unspecified atom stereocenters. The molecular formula is C19H15ClN2O2S2. The topological polar surface area (TPSA) is 54.1 Å². The zero-order valence-corrected chi connectivity index (χ0v) is 16.2. The normalized spacial score (nSPS) is 10.4. The van der Waals surface area contributed by atoms with E-state index < -0.39 is 0 Å². The standard InChI is InChI=1S/C19H15ClN2O2S2/c1-24-13-5-7-14(8-6-13)26-17-9-4-12(11-16(17)20)22-18(23)15-3-2-10-21-19(15)25/h2-11H,1H3,(H,21,25)(H,22,23). The highest BCUT2D eigenvalue weighted by Gasteiger charge is 2.10. The third-order valence-electron chi connectivity index (χ3n) is 3.54. The van der Waals surface area contributed by atoms with Crippen molar-refractivity contribution in [2.24, 2.45) is 0 Å². The first-order chi connectivity index (χ1) is 12.6. The molecule has 0 atom stereocenters. The maximum atomic E-state index is 12.3. The highest BCUT2D eigenvalue weighted by molar-refractivity contribution is 7.99. The molecule has 7 heteroatoms. The molecule has 3 aromatic rings. The number of pyridine rings is 1. The van der Waals surface area contributed by atoms with E-state index in [1.165, 1.54) is 11.8 Å². The molecule has 0 spiro atoms. The van der Waals surface area contributed by atoms with Gasteiger partial charge < -0.3 is 15.0 Å². The molecular weight excluding hydrogens is 388 g/mol. The van der Waals surface area contributed by atoms with Crippen molar-refractivity contribution in [3.05, 3.63) is 76.0 Å². The number of ether oxygens (including phenoxy) is 1. The second kappa shape index (κ2) is 8.40. The maximum Gasteiger partial charge on any atom is 0.258 e. The summed E-state index contributed by atoms with van der Waals surface area (Å²) in [4.78, 5) is 17.1. The number of amides is 1. The fourth-order valence-electron chi connectivity index (χ4n) is 2.23. The number of hydrogen-bond donors (Lipinski definition) is 2. The zero-order valence-electron chi connectivity index (χ0n) is 13.8. The van der Waals surface area contributed by atoms with Gasteiger partial charge >= 0.3 is 0 Å². The average molecular weight is 403 g/mol. The molecule has 26 heavy (non-hydrogen) atoms. The predicted molar refractivity (Wildman–Crippen MR) is 108 cm³/mol. The predicted octanol–water partition coefficient (Wildman–Crippen LogP) is 5.81. The minimum atomic E-state index is -0.279. The Morgan fingerprint density at radius 1 is 1.19 bits per heavy atom. The number of halogens is 1. The van der Waals surface area contributed by atoms with Gasteiger partial charge in [-0.05, 0) is 54.6 Å². The highest BCUT2D eigenvalue weighted by Crippen LogP contribution is 2.35. The number of nitrogens with one attached hydrogen (secondary N) is 2. The van der Waals surface area contributed by atoms with Crippen LogP contribution in [0, 0.1) is 4.64 Å². The number of H-pyrrole nitrogens is 1. The van der Waals surface area contributed by atoms with E-state index in [1.807, 2.05) is 36.4 Å². The van der Waals surface area contributed by atoms with E-state index >= 15 is 0 Å². The van der Waals surface area contributed by atoms with Gasteiger partial charge in [-0.3, -0.25) is 4.79 Å². The third-order valence-corrected chi connectivity index (χ3v) is 5.39. The van der Waals surface area contributed by atoms with Gasteiger partial charge in [-0.15, -0.1) is 0 Å². The van der Waals surface area contributed by atoms with Gasteiger partial charge in [0.2, 0.25) is 0 Å². The lowest BCUT2D eigenvalue weighted by Gasteiger charge is -2.09.